The Morgan fingerprint density at radius 3 is 2.22 bits per heavy atom. The van der Waals surface area contributed by atoms with Gasteiger partial charge < -0.3 is 11.5 Å². The highest BCUT2D eigenvalue weighted by molar-refractivity contribution is 8.76. The first-order valence-electron chi connectivity index (χ1n) is 5.75. The Bertz CT molecular complexity index is 467. The number of para-hydroxylation sites is 2. The van der Waals surface area contributed by atoms with Crippen molar-refractivity contribution in [3.63, 3.8) is 0 Å². The van der Waals surface area contributed by atoms with Crippen molar-refractivity contribution in [1.29, 1.82) is 0 Å². The molecule has 0 aliphatic carbocycles. The molecule has 18 heavy (non-hydrogen) atoms. The lowest BCUT2D eigenvalue weighted by molar-refractivity contribution is 1.17. The molecule has 0 aliphatic heterocycles. The Labute approximate surface area is 116 Å². The maximum Gasteiger partial charge on any atom is 0.0460 e. The molecule has 0 fully saturated rings. The maximum absolute atomic E-state index is 5.90. The summed E-state index contributed by atoms with van der Waals surface area (Å²) in [6.45, 7) is 0. The van der Waals surface area contributed by atoms with Gasteiger partial charge in [-0.05, 0) is 30.2 Å². The molecule has 94 valence electrons. The molecule has 0 aromatic heterocycles. The van der Waals surface area contributed by atoms with Crippen molar-refractivity contribution in [3.8, 4) is 0 Å². The van der Waals surface area contributed by atoms with Crippen molar-refractivity contribution in [2.24, 2.45) is 0 Å². The molecule has 0 amide bonds. The summed E-state index contributed by atoms with van der Waals surface area (Å²) in [5, 5.41) is 0. The third-order valence-electron chi connectivity index (χ3n) is 2.58. The Morgan fingerprint density at radius 2 is 1.50 bits per heavy atom. The molecule has 0 saturated heterocycles. The van der Waals surface area contributed by atoms with E-state index in [1.807, 2.05) is 42.5 Å². The van der Waals surface area contributed by atoms with Crippen molar-refractivity contribution < 1.29 is 0 Å². The molecule has 2 rings (SSSR count). The average molecular weight is 276 g/mol. The molecule has 0 spiro atoms. The molecule has 0 unspecified atom stereocenters. The lowest BCUT2D eigenvalue weighted by atomic mass is 10.1. The van der Waals surface area contributed by atoms with Crippen molar-refractivity contribution in [1.82, 2.24) is 0 Å². The second kappa shape index (κ2) is 6.61. The molecule has 0 heterocycles. The standard InChI is InChI=1S/C14H16N2S2/c15-12-6-2-1-5-11(12)9-10-17-18-14-8-4-3-7-13(14)16/h1-8H,9-10,15-16H2. The number of rotatable bonds is 5. The molecule has 0 saturated carbocycles. The number of hydrogen-bond acceptors (Lipinski definition) is 4. The van der Waals surface area contributed by atoms with Gasteiger partial charge in [0.05, 0.1) is 0 Å². The minimum Gasteiger partial charge on any atom is -0.399 e. The van der Waals surface area contributed by atoms with Crippen molar-refractivity contribution in [2.45, 2.75) is 11.3 Å². The third-order valence-corrected chi connectivity index (χ3v) is 5.01. The fourth-order valence-electron chi connectivity index (χ4n) is 1.58. The van der Waals surface area contributed by atoms with Crippen LogP contribution in [0.1, 0.15) is 5.56 Å². The number of anilines is 2. The lowest BCUT2D eigenvalue weighted by Crippen LogP contribution is -1.95. The summed E-state index contributed by atoms with van der Waals surface area (Å²) in [6.07, 6.45) is 0.983. The summed E-state index contributed by atoms with van der Waals surface area (Å²) in [4.78, 5) is 1.13. The summed E-state index contributed by atoms with van der Waals surface area (Å²) < 4.78 is 0. The van der Waals surface area contributed by atoms with E-state index < -0.39 is 0 Å². The van der Waals surface area contributed by atoms with E-state index in [2.05, 4.69) is 6.07 Å². The summed E-state index contributed by atoms with van der Waals surface area (Å²) in [7, 11) is 3.53. The van der Waals surface area contributed by atoms with Crippen LogP contribution >= 0.6 is 21.6 Å². The number of aryl methyl sites for hydroxylation is 1. The summed E-state index contributed by atoms with van der Waals surface area (Å²) >= 11 is 0. The number of nitrogen functional groups attached to an aromatic ring is 2. The minimum atomic E-state index is 0.842. The van der Waals surface area contributed by atoms with Gasteiger partial charge in [0.2, 0.25) is 0 Å². The van der Waals surface area contributed by atoms with Crippen molar-refractivity contribution in [3.05, 3.63) is 54.1 Å². The van der Waals surface area contributed by atoms with E-state index in [9.17, 15) is 0 Å². The maximum atomic E-state index is 5.90. The predicted octanol–water partition coefficient (Wildman–Crippen LogP) is 3.83. The second-order valence-electron chi connectivity index (χ2n) is 3.89. The van der Waals surface area contributed by atoms with Crippen molar-refractivity contribution in [2.75, 3.05) is 17.2 Å². The van der Waals surface area contributed by atoms with E-state index in [4.69, 9.17) is 11.5 Å². The van der Waals surface area contributed by atoms with E-state index >= 15 is 0 Å². The average Bonchev–Trinajstić information content (AvgIpc) is 2.38. The Balaban J connectivity index is 1.80. The molecule has 4 heteroatoms. The topological polar surface area (TPSA) is 52.0 Å². The van der Waals surface area contributed by atoms with Crippen LogP contribution in [0.4, 0.5) is 11.4 Å². The molecular weight excluding hydrogens is 260 g/mol. The monoisotopic (exact) mass is 276 g/mol. The van der Waals surface area contributed by atoms with Crippen LogP contribution in [0.15, 0.2) is 53.4 Å². The zero-order valence-corrected chi connectivity index (χ0v) is 11.6. The molecule has 0 atom stereocenters. The van der Waals surface area contributed by atoms with E-state index in [1.165, 1.54) is 5.56 Å². The molecule has 2 aromatic rings. The summed E-state index contributed by atoms with van der Waals surface area (Å²) in [5.74, 6) is 1.02. The van der Waals surface area contributed by atoms with Crippen LogP contribution in [0.3, 0.4) is 0 Å². The van der Waals surface area contributed by atoms with Crippen LogP contribution in [0, 0.1) is 0 Å². The van der Waals surface area contributed by atoms with E-state index in [-0.39, 0.29) is 0 Å². The Hall–Kier alpha value is -1.26. The van der Waals surface area contributed by atoms with Gasteiger partial charge in [0.15, 0.2) is 0 Å². The Morgan fingerprint density at radius 1 is 0.833 bits per heavy atom. The molecule has 2 aromatic carbocycles. The van der Waals surface area contributed by atoms with Gasteiger partial charge in [0.25, 0.3) is 0 Å². The molecule has 0 bridgehead atoms. The molecular formula is C14H16N2S2. The highest BCUT2D eigenvalue weighted by Gasteiger charge is 2.01. The quantitative estimate of drug-likeness (QED) is 0.495. The van der Waals surface area contributed by atoms with E-state index in [1.54, 1.807) is 21.6 Å². The zero-order valence-electron chi connectivity index (χ0n) is 10.0. The van der Waals surface area contributed by atoms with Gasteiger partial charge in [0, 0.05) is 22.0 Å². The number of hydrogen-bond donors (Lipinski definition) is 2. The first-order valence-corrected chi connectivity index (χ1v) is 8.06. The fraction of sp³-hybridized carbons (Fsp3) is 0.143. The second-order valence-corrected chi connectivity index (χ2v) is 6.35. The summed E-state index contributed by atoms with van der Waals surface area (Å²) in [6, 6.07) is 16.0. The lowest BCUT2D eigenvalue weighted by Gasteiger charge is -2.06. The molecule has 0 radical (unpaired) electrons. The highest BCUT2D eigenvalue weighted by Crippen LogP contribution is 2.35. The SMILES string of the molecule is Nc1ccccc1CCSSc1ccccc1N. The van der Waals surface area contributed by atoms with Crippen LogP contribution < -0.4 is 11.5 Å². The van der Waals surface area contributed by atoms with Crippen LogP contribution in [0.5, 0.6) is 0 Å². The Kier molecular flexibility index (Phi) is 4.84. The van der Waals surface area contributed by atoms with E-state index in [0.717, 1.165) is 28.4 Å². The molecule has 0 aliphatic rings. The first-order chi connectivity index (χ1) is 8.77. The third kappa shape index (κ3) is 3.62. The normalized spacial score (nSPS) is 10.4. The first kappa shape index (κ1) is 13.2. The largest absolute Gasteiger partial charge is 0.399 e. The van der Waals surface area contributed by atoms with Gasteiger partial charge in [-0.25, -0.2) is 0 Å². The van der Waals surface area contributed by atoms with Gasteiger partial charge in [-0.2, -0.15) is 0 Å². The van der Waals surface area contributed by atoms with Crippen LogP contribution in [-0.4, -0.2) is 5.75 Å². The van der Waals surface area contributed by atoms with Gasteiger partial charge in [0.1, 0.15) is 0 Å². The van der Waals surface area contributed by atoms with Gasteiger partial charge in [-0.15, -0.1) is 0 Å². The number of nitrogens with two attached hydrogens (primary N) is 2. The zero-order chi connectivity index (χ0) is 12.8. The van der Waals surface area contributed by atoms with Gasteiger partial charge in [-0.3, -0.25) is 0 Å². The fourth-order valence-corrected chi connectivity index (χ4v) is 3.72. The summed E-state index contributed by atoms with van der Waals surface area (Å²) in [5.41, 5.74) is 14.7. The van der Waals surface area contributed by atoms with Crippen molar-refractivity contribution >= 4 is 33.0 Å². The van der Waals surface area contributed by atoms with E-state index in [0.29, 0.717) is 0 Å². The predicted molar refractivity (Wildman–Crippen MR) is 83.7 cm³/mol. The van der Waals surface area contributed by atoms with Crippen LogP contribution in [0.25, 0.3) is 0 Å². The van der Waals surface area contributed by atoms with Crippen LogP contribution in [0.2, 0.25) is 0 Å². The van der Waals surface area contributed by atoms with Crippen LogP contribution in [-0.2, 0) is 6.42 Å². The molecule has 2 nitrogen and oxygen atoms in total. The minimum absolute atomic E-state index is 0.842. The molecule has 4 N–H and O–H groups in total. The highest BCUT2D eigenvalue weighted by atomic mass is 33.1. The van der Waals surface area contributed by atoms with Gasteiger partial charge in [-0.1, -0.05) is 51.9 Å². The smallest absolute Gasteiger partial charge is 0.0460 e. The van der Waals surface area contributed by atoms with Gasteiger partial charge >= 0.3 is 0 Å². The number of benzene rings is 2.